The van der Waals surface area contributed by atoms with Gasteiger partial charge >= 0.3 is 0 Å². The lowest BCUT2D eigenvalue weighted by atomic mass is 9.79. The van der Waals surface area contributed by atoms with E-state index in [2.05, 4.69) is 15.2 Å². The molecule has 1 saturated carbocycles. The molecule has 0 amide bonds. The van der Waals surface area contributed by atoms with E-state index in [1.165, 1.54) is 32.1 Å². The van der Waals surface area contributed by atoms with Gasteiger partial charge in [-0.05, 0) is 18.9 Å². The zero-order chi connectivity index (χ0) is 14.0. The van der Waals surface area contributed by atoms with E-state index in [1.807, 2.05) is 12.1 Å². The molecule has 1 aromatic rings. The van der Waals surface area contributed by atoms with Gasteiger partial charge in [0.1, 0.15) is 10.3 Å². The molecule has 0 aromatic carbocycles. The largest absolute Gasteiger partial charge is 0.314 e. The number of hydrogen-bond acceptors (Lipinski definition) is 3. The second kappa shape index (κ2) is 6.18. The number of pyridine rings is 1. The Morgan fingerprint density at radius 2 is 2.00 bits per heavy atom. The lowest BCUT2D eigenvalue weighted by molar-refractivity contribution is 0.0208. The first kappa shape index (κ1) is 14.6. The first-order valence-electron chi connectivity index (χ1n) is 7.46. The number of piperazine rings is 1. The van der Waals surface area contributed by atoms with Gasteiger partial charge in [0.25, 0.3) is 0 Å². The van der Waals surface area contributed by atoms with Crippen LogP contribution in [0.2, 0.25) is 10.3 Å². The van der Waals surface area contributed by atoms with E-state index in [0.29, 0.717) is 15.8 Å². The van der Waals surface area contributed by atoms with Crippen LogP contribution in [0.1, 0.15) is 37.7 Å². The molecule has 3 rings (SSSR count). The Morgan fingerprint density at radius 3 is 2.75 bits per heavy atom. The number of hydrogen-bond donors (Lipinski definition) is 1. The Hall–Kier alpha value is -0.350. The van der Waals surface area contributed by atoms with Gasteiger partial charge in [-0.3, -0.25) is 4.90 Å². The minimum Gasteiger partial charge on any atom is -0.314 e. The molecule has 2 heterocycles. The molecule has 0 radical (unpaired) electrons. The maximum absolute atomic E-state index is 6.24. The smallest absolute Gasteiger partial charge is 0.135 e. The van der Waals surface area contributed by atoms with Crippen LogP contribution in [0.15, 0.2) is 12.1 Å². The fourth-order valence-corrected chi connectivity index (χ4v) is 4.00. The van der Waals surface area contributed by atoms with Crippen molar-refractivity contribution in [2.45, 2.75) is 44.2 Å². The van der Waals surface area contributed by atoms with Crippen LogP contribution in [-0.2, 0) is 6.54 Å². The highest BCUT2D eigenvalue weighted by atomic mass is 35.5. The van der Waals surface area contributed by atoms with Crippen molar-refractivity contribution in [3.63, 3.8) is 0 Å². The summed E-state index contributed by atoms with van der Waals surface area (Å²) in [5.41, 5.74) is 1.40. The molecule has 3 nitrogen and oxygen atoms in total. The van der Waals surface area contributed by atoms with Gasteiger partial charge in [-0.1, -0.05) is 48.5 Å². The molecule has 1 spiro atoms. The van der Waals surface area contributed by atoms with Gasteiger partial charge in [0.15, 0.2) is 0 Å². The normalized spacial score (nSPS) is 23.1. The first-order valence-corrected chi connectivity index (χ1v) is 8.22. The lowest BCUT2D eigenvalue weighted by Gasteiger charge is -2.50. The molecule has 1 saturated heterocycles. The third kappa shape index (κ3) is 2.96. The van der Waals surface area contributed by atoms with Crippen LogP contribution in [0.3, 0.4) is 0 Å². The molecule has 20 heavy (non-hydrogen) atoms. The maximum atomic E-state index is 6.24. The third-order valence-corrected chi connectivity index (χ3v) is 5.26. The van der Waals surface area contributed by atoms with E-state index in [0.717, 1.165) is 31.7 Å². The molecule has 1 aromatic heterocycles. The highest BCUT2D eigenvalue weighted by Crippen LogP contribution is 2.36. The summed E-state index contributed by atoms with van der Waals surface area (Å²) in [5, 5.41) is 4.58. The predicted molar refractivity (Wildman–Crippen MR) is 83.4 cm³/mol. The summed E-state index contributed by atoms with van der Waals surface area (Å²) in [6.07, 6.45) is 6.63. The molecule has 110 valence electrons. The second-order valence-electron chi connectivity index (χ2n) is 5.97. The summed E-state index contributed by atoms with van der Waals surface area (Å²) in [4.78, 5) is 6.77. The average Bonchev–Trinajstić information content (AvgIpc) is 2.45. The van der Waals surface area contributed by atoms with Crippen LogP contribution < -0.4 is 5.32 Å². The second-order valence-corrected chi connectivity index (χ2v) is 6.71. The van der Waals surface area contributed by atoms with Gasteiger partial charge in [-0.2, -0.15) is 0 Å². The molecule has 0 atom stereocenters. The van der Waals surface area contributed by atoms with E-state index in [9.17, 15) is 0 Å². The lowest BCUT2D eigenvalue weighted by Crippen LogP contribution is -2.61. The van der Waals surface area contributed by atoms with Crippen molar-refractivity contribution in [1.82, 2.24) is 15.2 Å². The van der Waals surface area contributed by atoms with Crippen molar-refractivity contribution < 1.29 is 0 Å². The molecule has 0 unspecified atom stereocenters. The number of halogens is 2. The Labute approximate surface area is 130 Å². The highest BCUT2D eigenvalue weighted by Gasteiger charge is 2.39. The number of nitrogens with zero attached hydrogens (tertiary/aromatic N) is 2. The number of nitrogens with one attached hydrogen (secondary N) is 1. The van der Waals surface area contributed by atoms with Gasteiger partial charge in [0.05, 0.1) is 0 Å². The monoisotopic (exact) mass is 313 g/mol. The van der Waals surface area contributed by atoms with Crippen LogP contribution >= 0.6 is 23.2 Å². The zero-order valence-electron chi connectivity index (χ0n) is 11.7. The van der Waals surface area contributed by atoms with Gasteiger partial charge in [0, 0.05) is 37.3 Å². The molecule has 5 heteroatoms. The molecule has 1 aliphatic carbocycles. The molecule has 2 fully saturated rings. The predicted octanol–water partition coefficient (Wildman–Crippen LogP) is 3.50. The number of rotatable bonds is 2. The molecule has 1 aliphatic heterocycles. The SMILES string of the molecule is Clc1ccc(CN2CCNCC23CCCCC3)c(Cl)n1. The van der Waals surface area contributed by atoms with Crippen LogP contribution in [0.4, 0.5) is 0 Å². The Morgan fingerprint density at radius 1 is 1.20 bits per heavy atom. The van der Waals surface area contributed by atoms with E-state index in [1.54, 1.807) is 0 Å². The fraction of sp³-hybridized carbons (Fsp3) is 0.667. The van der Waals surface area contributed by atoms with Crippen molar-refractivity contribution in [2.24, 2.45) is 0 Å². The fourth-order valence-electron chi connectivity index (χ4n) is 3.60. The van der Waals surface area contributed by atoms with Gasteiger partial charge in [0.2, 0.25) is 0 Å². The maximum Gasteiger partial charge on any atom is 0.135 e. The summed E-state index contributed by atoms with van der Waals surface area (Å²) in [6, 6.07) is 3.84. The molecule has 2 aliphatic rings. The van der Waals surface area contributed by atoms with E-state index in [4.69, 9.17) is 23.2 Å². The molecule has 0 bridgehead atoms. The summed E-state index contributed by atoms with van der Waals surface area (Å²) in [5.74, 6) is 0. The van der Waals surface area contributed by atoms with Gasteiger partial charge in [-0.15, -0.1) is 0 Å². The van der Waals surface area contributed by atoms with Crippen molar-refractivity contribution in [3.05, 3.63) is 28.0 Å². The topological polar surface area (TPSA) is 28.2 Å². The zero-order valence-corrected chi connectivity index (χ0v) is 13.2. The number of aromatic nitrogens is 1. The first-order chi connectivity index (χ1) is 9.70. The standard InChI is InChI=1S/C15H21Cl2N3/c16-13-5-4-12(14(17)19-13)10-20-9-8-18-11-15(20)6-2-1-3-7-15/h4-5,18H,1-3,6-11H2. The minimum absolute atomic E-state index is 0.319. The van der Waals surface area contributed by atoms with Crippen LogP contribution in [0.5, 0.6) is 0 Å². The molecule has 1 N–H and O–H groups in total. The van der Waals surface area contributed by atoms with Crippen LogP contribution in [0.25, 0.3) is 0 Å². The van der Waals surface area contributed by atoms with Crippen molar-refractivity contribution in [2.75, 3.05) is 19.6 Å². The van der Waals surface area contributed by atoms with Gasteiger partial charge < -0.3 is 5.32 Å². The summed E-state index contributed by atoms with van der Waals surface area (Å²) in [7, 11) is 0. The van der Waals surface area contributed by atoms with Crippen molar-refractivity contribution in [1.29, 1.82) is 0 Å². The summed E-state index contributed by atoms with van der Waals surface area (Å²) < 4.78 is 0. The Bertz CT molecular complexity index is 464. The summed E-state index contributed by atoms with van der Waals surface area (Å²) in [6.45, 7) is 4.12. The molecular weight excluding hydrogens is 293 g/mol. The minimum atomic E-state index is 0.319. The Balaban J connectivity index is 1.79. The van der Waals surface area contributed by atoms with E-state index >= 15 is 0 Å². The Kier molecular flexibility index (Phi) is 4.51. The van der Waals surface area contributed by atoms with Crippen molar-refractivity contribution >= 4 is 23.2 Å². The average molecular weight is 314 g/mol. The van der Waals surface area contributed by atoms with Gasteiger partial charge in [-0.25, -0.2) is 4.98 Å². The van der Waals surface area contributed by atoms with Crippen molar-refractivity contribution in [3.8, 4) is 0 Å². The quantitative estimate of drug-likeness (QED) is 0.847. The van der Waals surface area contributed by atoms with Crippen LogP contribution in [-0.4, -0.2) is 35.1 Å². The van der Waals surface area contributed by atoms with E-state index < -0.39 is 0 Å². The highest BCUT2D eigenvalue weighted by molar-refractivity contribution is 6.32. The van der Waals surface area contributed by atoms with E-state index in [-0.39, 0.29) is 0 Å². The molecular formula is C15H21Cl2N3. The summed E-state index contributed by atoms with van der Waals surface area (Å²) >= 11 is 12.1. The third-order valence-electron chi connectivity index (χ3n) is 4.72. The van der Waals surface area contributed by atoms with Crippen LogP contribution in [0, 0.1) is 0 Å².